The molecule has 0 aliphatic carbocycles. The molecule has 40 heavy (non-hydrogen) atoms. The molecule has 4 amide bonds. The maximum Gasteiger partial charge on any atom is 0.315 e. The molecule has 0 saturated carbocycles. The number of unbranched alkanes of at least 4 members (excludes halogenated alkanes) is 3. The lowest BCUT2D eigenvalue weighted by molar-refractivity contribution is -0.121. The van der Waals surface area contributed by atoms with E-state index >= 15 is 0 Å². The third-order valence-corrected chi connectivity index (χ3v) is 9.80. The van der Waals surface area contributed by atoms with E-state index in [4.69, 9.17) is 5.73 Å². The SMILES string of the molecule is Cl.NC/C=C(\F)CS(=O)(=O)c1cccc(C(=O)NCCCCCNC(=O)CCCCC2SCC3NC(=O)NC32)c1. The van der Waals surface area contributed by atoms with Crippen molar-refractivity contribution in [2.75, 3.05) is 31.1 Å². The fourth-order valence-electron chi connectivity index (χ4n) is 4.60. The van der Waals surface area contributed by atoms with E-state index in [2.05, 4.69) is 21.3 Å². The summed E-state index contributed by atoms with van der Waals surface area (Å²) in [7, 11) is -3.93. The minimum atomic E-state index is -3.93. The predicted octanol–water partition coefficient (Wildman–Crippen LogP) is 2.44. The first-order valence-electron chi connectivity index (χ1n) is 13.3. The third-order valence-electron chi connectivity index (χ3n) is 6.66. The van der Waals surface area contributed by atoms with Crippen LogP contribution in [0.4, 0.5) is 9.18 Å². The maximum atomic E-state index is 13.6. The van der Waals surface area contributed by atoms with Gasteiger partial charge in [0.05, 0.1) is 17.0 Å². The summed E-state index contributed by atoms with van der Waals surface area (Å²) in [5.74, 6) is -1.07. The molecule has 14 heteroatoms. The first-order valence-corrected chi connectivity index (χ1v) is 16.0. The Labute approximate surface area is 245 Å². The zero-order valence-corrected chi connectivity index (χ0v) is 24.8. The van der Waals surface area contributed by atoms with Crippen LogP contribution in [0, 0.1) is 0 Å². The molecule has 10 nitrogen and oxygen atoms in total. The van der Waals surface area contributed by atoms with Crippen molar-refractivity contribution in [1.29, 1.82) is 0 Å². The van der Waals surface area contributed by atoms with Crippen LogP contribution in [0.5, 0.6) is 0 Å². The van der Waals surface area contributed by atoms with Crippen molar-refractivity contribution in [1.82, 2.24) is 21.3 Å². The van der Waals surface area contributed by atoms with Gasteiger partial charge in [-0.3, -0.25) is 9.59 Å². The molecule has 3 rings (SSSR count). The number of benzene rings is 1. The third kappa shape index (κ3) is 10.6. The summed E-state index contributed by atoms with van der Waals surface area (Å²) in [6, 6.07) is 5.86. The van der Waals surface area contributed by atoms with Gasteiger partial charge < -0.3 is 27.0 Å². The van der Waals surface area contributed by atoms with Crippen LogP contribution >= 0.6 is 24.2 Å². The molecule has 0 bridgehead atoms. The Bertz CT molecular complexity index is 1150. The Hall–Kier alpha value is -2.35. The van der Waals surface area contributed by atoms with Crippen molar-refractivity contribution in [2.24, 2.45) is 5.73 Å². The Morgan fingerprint density at radius 1 is 1.10 bits per heavy atom. The zero-order chi connectivity index (χ0) is 28.3. The summed E-state index contributed by atoms with van der Waals surface area (Å²) in [5.41, 5.74) is 5.39. The van der Waals surface area contributed by atoms with Crippen LogP contribution in [0.3, 0.4) is 0 Å². The van der Waals surface area contributed by atoms with Gasteiger partial charge in [0, 0.05) is 42.6 Å². The van der Waals surface area contributed by atoms with Crippen molar-refractivity contribution >= 4 is 51.9 Å². The summed E-state index contributed by atoms with van der Waals surface area (Å²) in [4.78, 5) is 35.8. The van der Waals surface area contributed by atoms with Crippen molar-refractivity contribution in [3.05, 3.63) is 41.7 Å². The highest BCUT2D eigenvalue weighted by Gasteiger charge is 2.42. The van der Waals surface area contributed by atoms with Gasteiger partial charge in [-0.15, -0.1) is 12.4 Å². The fourth-order valence-corrected chi connectivity index (χ4v) is 7.39. The van der Waals surface area contributed by atoms with E-state index in [0.717, 1.165) is 43.9 Å². The normalized spacial score (nSPS) is 20.2. The molecule has 1 aromatic carbocycles. The molecule has 3 atom stereocenters. The van der Waals surface area contributed by atoms with E-state index in [0.29, 0.717) is 31.2 Å². The van der Waals surface area contributed by atoms with Crippen LogP contribution in [0.1, 0.15) is 55.3 Å². The Balaban J connectivity index is 0.00000560. The molecule has 224 valence electrons. The van der Waals surface area contributed by atoms with E-state index in [1.165, 1.54) is 24.3 Å². The van der Waals surface area contributed by atoms with Crippen LogP contribution in [-0.4, -0.2) is 74.7 Å². The maximum absolute atomic E-state index is 13.6. The quantitative estimate of drug-likeness (QED) is 0.140. The minimum absolute atomic E-state index is 0. The molecule has 2 saturated heterocycles. The number of rotatable bonds is 16. The average Bonchev–Trinajstić information content (AvgIpc) is 3.45. The second-order valence-electron chi connectivity index (χ2n) is 9.71. The highest BCUT2D eigenvalue weighted by atomic mass is 35.5. The summed E-state index contributed by atoms with van der Waals surface area (Å²) < 4.78 is 38.4. The lowest BCUT2D eigenvalue weighted by Gasteiger charge is -2.16. The van der Waals surface area contributed by atoms with E-state index in [-0.39, 0.29) is 53.4 Å². The summed E-state index contributed by atoms with van der Waals surface area (Å²) in [6.07, 6.45) is 6.53. The second-order valence-corrected chi connectivity index (χ2v) is 13.0. The van der Waals surface area contributed by atoms with Gasteiger partial charge in [0.25, 0.3) is 5.91 Å². The Morgan fingerprint density at radius 3 is 2.60 bits per heavy atom. The molecule has 0 radical (unpaired) electrons. The summed E-state index contributed by atoms with van der Waals surface area (Å²) in [6.45, 7) is 0.884. The lowest BCUT2D eigenvalue weighted by Crippen LogP contribution is -2.36. The fraction of sp³-hybridized carbons (Fsp3) is 0.577. The Kier molecular flexibility index (Phi) is 14.2. The molecule has 2 aliphatic rings. The number of nitrogens with one attached hydrogen (secondary N) is 4. The molecular weight excluding hydrogens is 581 g/mol. The van der Waals surface area contributed by atoms with Crippen molar-refractivity contribution in [3.63, 3.8) is 0 Å². The van der Waals surface area contributed by atoms with Gasteiger partial charge in [0.15, 0.2) is 9.84 Å². The average molecular weight is 620 g/mol. The molecule has 1 aromatic rings. The van der Waals surface area contributed by atoms with Gasteiger partial charge >= 0.3 is 6.03 Å². The number of carbonyl (C=O) groups excluding carboxylic acids is 3. The topological polar surface area (TPSA) is 159 Å². The minimum Gasteiger partial charge on any atom is -0.356 e. The molecule has 0 aromatic heterocycles. The van der Waals surface area contributed by atoms with Gasteiger partial charge in [-0.2, -0.15) is 11.8 Å². The highest BCUT2D eigenvalue weighted by molar-refractivity contribution is 8.00. The standard InChI is InChI=1S/C26H38FN5O5S2.ClH/c27-19(11-12-28)17-39(36,37)20-8-6-7-18(15-20)25(34)30-14-5-1-4-13-29-23(33)10-3-2-9-22-24-21(16-38-22)31-26(35)32-24;/h6-8,11,15,21-22,24H,1-5,9-10,12-14,16-17,28H2,(H,29,33)(H,30,34)(H2,31,32,35);1H/b19-11-;. The highest BCUT2D eigenvalue weighted by Crippen LogP contribution is 2.33. The van der Waals surface area contributed by atoms with Crippen molar-refractivity contribution in [2.45, 2.75) is 67.2 Å². The van der Waals surface area contributed by atoms with Crippen LogP contribution in [0.2, 0.25) is 0 Å². The van der Waals surface area contributed by atoms with Gasteiger partial charge in [-0.05, 0) is 56.4 Å². The number of sulfone groups is 1. The summed E-state index contributed by atoms with van der Waals surface area (Å²) >= 11 is 1.88. The number of halogens is 2. The molecule has 3 unspecified atom stereocenters. The van der Waals surface area contributed by atoms with E-state index in [9.17, 15) is 27.2 Å². The van der Waals surface area contributed by atoms with Crippen LogP contribution in [0.15, 0.2) is 41.1 Å². The van der Waals surface area contributed by atoms with E-state index < -0.39 is 27.3 Å². The molecule has 6 N–H and O–H groups in total. The van der Waals surface area contributed by atoms with E-state index in [1.54, 1.807) is 0 Å². The first kappa shape index (κ1) is 33.9. The molecular formula is C26H39ClFN5O5S2. The van der Waals surface area contributed by atoms with Crippen LogP contribution in [-0.2, 0) is 14.6 Å². The molecule has 0 spiro atoms. The zero-order valence-electron chi connectivity index (χ0n) is 22.3. The monoisotopic (exact) mass is 619 g/mol. The first-order chi connectivity index (χ1) is 18.7. The largest absolute Gasteiger partial charge is 0.356 e. The van der Waals surface area contributed by atoms with E-state index in [1.807, 2.05) is 11.8 Å². The number of thioether (sulfide) groups is 1. The van der Waals surface area contributed by atoms with Gasteiger partial charge in [0.1, 0.15) is 11.6 Å². The number of carbonyl (C=O) groups is 3. The second kappa shape index (κ2) is 16.8. The molecule has 2 heterocycles. The number of urea groups is 1. The van der Waals surface area contributed by atoms with Gasteiger partial charge in [0.2, 0.25) is 5.91 Å². The molecule has 2 aliphatic heterocycles. The predicted molar refractivity (Wildman–Crippen MR) is 157 cm³/mol. The number of hydrogen-bond acceptors (Lipinski definition) is 7. The summed E-state index contributed by atoms with van der Waals surface area (Å²) in [5, 5.41) is 12.0. The van der Waals surface area contributed by atoms with Crippen molar-refractivity contribution in [3.8, 4) is 0 Å². The number of hydrogen-bond donors (Lipinski definition) is 5. The van der Waals surface area contributed by atoms with Gasteiger partial charge in [-0.25, -0.2) is 17.6 Å². The van der Waals surface area contributed by atoms with Crippen LogP contribution in [0.25, 0.3) is 0 Å². The number of fused-ring (bicyclic) bond motifs is 1. The number of amides is 4. The van der Waals surface area contributed by atoms with Crippen molar-refractivity contribution < 1.29 is 27.2 Å². The smallest absolute Gasteiger partial charge is 0.315 e. The Morgan fingerprint density at radius 2 is 1.85 bits per heavy atom. The number of nitrogens with two attached hydrogens (primary N) is 1. The lowest BCUT2D eigenvalue weighted by atomic mass is 10.0. The van der Waals surface area contributed by atoms with Crippen LogP contribution < -0.4 is 27.0 Å². The molecule has 2 fully saturated rings. The van der Waals surface area contributed by atoms with Gasteiger partial charge in [-0.1, -0.05) is 12.5 Å².